The maximum absolute atomic E-state index is 14.2. The second kappa shape index (κ2) is 11.9. The molecule has 0 amide bonds. The van der Waals surface area contributed by atoms with Crippen molar-refractivity contribution in [1.29, 1.82) is 0 Å². The molecular formula is C28H19BrF3HgO3P. The van der Waals surface area contributed by atoms with Crippen molar-refractivity contribution in [2.75, 3.05) is 0 Å². The summed E-state index contributed by atoms with van der Waals surface area (Å²) in [5.74, 6) is -2.64. The van der Waals surface area contributed by atoms with Crippen LogP contribution in [0.25, 0.3) is 0 Å². The summed E-state index contributed by atoms with van der Waals surface area (Å²) in [5.41, 5.74) is 0.327. The van der Waals surface area contributed by atoms with E-state index in [1.54, 1.807) is 24.3 Å². The molecule has 4 aromatic carbocycles. The molecule has 4 aromatic rings. The SMILES string of the molecule is O=C([C]([Hg][O]C(=O)C(F)(F)F)=P(c1ccccc1)(c1ccccc1)c1ccccc1)c1ccc(Br)cc1. The fourth-order valence-corrected chi connectivity index (χ4v) is 20.9. The molecule has 0 unspecified atom stereocenters. The van der Waals surface area contributed by atoms with Crippen LogP contribution in [0.3, 0.4) is 0 Å². The van der Waals surface area contributed by atoms with Gasteiger partial charge in [0.1, 0.15) is 0 Å². The number of benzene rings is 4. The maximum atomic E-state index is 14.2. The van der Waals surface area contributed by atoms with Crippen molar-refractivity contribution in [2.24, 2.45) is 0 Å². The number of hydrogen-bond donors (Lipinski definition) is 0. The number of alkyl halides is 3. The van der Waals surface area contributed by atoms with Gasteiger partial charge in [-0.2, -0.15) is 0 Å². The molecule has 0 atom stereocenters. The summed E-state index contributed by atoms with van der Waals surface area (Å²) in [7, 11) is 0. The van der Waals surface area contributed by atoms with Crippen LogP contribution in [0.15, 0.2) is 120 Å². The van der Waals surface area contributed by atoms with Gasteiger partial charge in [0.25, 0.3) is 0 Å². The standard InChI is InChI=1S/C26H19BrOP.C2HF3O2.Hg/c27-22-18-16-21(17-19-22)26(28)20-29(23-10-4-1-5-11-23,24-12-6-2-7-13-24)25-14-8-3-9-15-25;3-2(4,5)1(6)7;/h1-19H;(H,6,7);/q;;+1/p-1. The molecule has 0 saturated heterocycles. The number of Topliss-reactive ketones (excluding diaryl/α,β-unsaturated/α-hetero) is 1. The van der Waals surface area contributed by atoms with Crippen LogP contribution >= 0.6 is 22.8 Å². The molecule has 0 aliphatic carbocycles. The zero-order valence-corrected chi connectivity index (χ0v) is 27.3. The number of ketones is 1. The van der Waals surface area contributed by atoms with Gasteiger partial charge in [0, 0.05) is 0 Å². The first-order valence-corrected chi connectivity index (χ1v) is 18.8. The van der Waals surface area contributed by atoms with Crippen molar-refractivity contribution < 1.29 is 50.4 Å². The van der Waals surface area contributed by atoms with E-state index in [1.165, 1.54) is 0 Å². The molecular weight excluding hydrogens is 753 g/mol. The Hall–Kier alpha value is -2.47. The van der Waals surface area contributed by atoms with E-state index in [9.17, 15) is 22.8 Å². The van der Waals surface area contributed by atoms with E-state index < -0.39 is 49.8 Å². The molecule has 0 spiro atoms. The first-order valence-electron chi connectivity index (χ1n) is 11.2. The van der Waals surface area contributed by atoms with Gasteiger partial charge in [0.15, 0.2) is 0 Å². The van der Waals surface area contributed by atoms with Crippen LogP contribution in [-0.2, 0) is 32.5 Å². The summed E-state index contributed by atoms with van der Waals surface area (Å²) in [4.78, 5) is 26.1. The van der Waals surface area contributed by atoms with Gasteiger partial charge in [-0.3, -0.25) is 0 Å². The summed E-state index contributed by atoms with van der Waals surface area (Å²) < 4.78 is 45.7. The van der Waals surface area contributed by atoms with Crippen LogP contribution in [0.4, 0.5) is 13.2 Å². The van der Waals surface area contributed by atoms with Crippen molar-refractivity contribution in [1.82, 2.24) is 0 Å². The van der Waals surface area contributed by atoms with Crippen LogP contribution in [0.5, 0.6) is 0 Å². The molecule has 3 nitrogen and oxygen atoms in total. The minimum absolute atomic E-state index is 0.302. The van der Waals surface area contributed by atoms with E-state index in [2.05, 4.69) is 15.9 Å². The van der Waals surface area contributed by atoms with Gasteiger partial charge in [-0.1, -0.05) is 0 Å². The zero-order valence-electron chi connectivity index (χ0n) is 19.4. The Labute approximate surface area is 233 Å². The van der Waals surface area contributed by atoms with E-state index in [1.807, 2.05) is 91.0 Å². The Morgan fingerprint density at radius 2 is 1.08 bits per heavy atom. The molecule has 0 aliphatic rings. The van der Waals surface area contributed by atoms with E-state index in [4.69, 9.17) is 2.64 Å². The molecule has 0 radical (unpaired) electrons. The van der Waals surface area contributed by atoms with Crippen LogP contribution in [-0.4, -0.2) is 20.7 Å². The molecule has 0 heterocycles. The molecule has 0 saturated carbocycles. The Morgan fingerprint density at radius 1 is 0.676 bits per heavy atom. The second-order valence-electron chi connectivity index (χ2n) is 8.03. The predicted octanol–water partition coefficient (Wildman–Crippen LogP) is 5.86. The number of carbonyl (C=O) groups excluding carboxylic acids is 2. The molecule has 0 bridgehead atoms. The van der Waals surface area contributed by atoms with Crippen molar-refractivity contribution >= 4 is 53.3 Å². The third kappa shape index (κ3) is 6.00. The van der Waals surface area contributed by atoms with Crippen LogP contribution in [0.1, 0.15) is 10.4 Å². The topological polar surface area (TPSA) is 43.4 Å². The van der Waals surface area contributed by atoms with E-state index in [-0.39, 0.29) is 0 Å². The normalized spacial score (nSPS) is 11.4. The molecule has 37 heavy (non-hydrogen) atoms. The van der Waals surface area contributed by atoms with Crippen LogP contribution < -0.4 is 15.9 Å². The Bertz CT molecular complexity index is 1340. The number of rotatable bonds is 7. The fourth-order valence-electron chi connectivity index (χ4n) is 4.17. The van der Waals surface area contributed by atoms with Gasteiger partial charge in [-0.25, -0.2) is 0 Å². The molecule has 0 aromatic heterocycles. The van der Waals surface area contributed by atoms with Gasteiger partial charge < -0.3 is 0 Å². The second-order valence-corrected chi connectivity index (χ2v) is 19.7. The quantitative estimate of drug-likeness (QED) is 0.135. The summed E-state index contributed by atoms with van der Waals surface area (Å²) in [5, 5.41) is 2.41. The van der Waals surface area contributed by atoms with E-state index >= 15 is 0 Å². The summed E-state index contributed by atoms with van der Waals surface area (Å²) in [6, 6.07) is 34.6. The van der Waals surface area contributed by atoms with Gasteiger partial charge in [-0.15, -0.1) is 0 Å². The Balaban J connectivity index is 2.15. The van der Waals surface area contributed by atoms with Gasteiger partial charge in [0.2, 0.25) is 0 Å². The monoisotopic (exact) mass is 772 g/mol. The summed E-state index contributed by atoms with van der Waals surface area (Å²) in [6.07, 6.45) is -5.14. The van der Waals surface area contributed by atoms with E-state index in [0.717, 1.165) is 20.4 Å². The number of halogens is 4. The molecule has 0 N–H and O–H groups in total. The fraction of sp³-hybridized carbons (Fsp3) is 0.0357. The third-order valence-corrected chi connectivity index (χ3v) is 21.1. The van der Waals surface area contributed by atoms with Gasteiger partial charge in [0.05, 0.1) is 0 Å². The average Bonchev–Trinajstić information content (AvgIpc) is 2.92. The Kier molecular flexibility index (Phi) is 8.88. The van der Waals surface area contributed by atoms with Crippen LogP contribution in [0, 0.1) is 0 Å². The Morgan fingerprint density at radius 3 is 1.46 bits per heavy atom. The van der Waals surface area contributed by atoms with Gasteiger partial charge in [-0.05, 0) is 0 Å². The number of carbonyl (C=O) groups is 2. The third-order valence-electron chi connectivity index (χ3n) is 5.78. The molecule has 4 rings (SSSR count). The molecule has 9 heteroatoms. The predicted molar refractivity (Wildman–Crippen MR) is 141 cm³/mol. The number of hydrogen-bond acceptors (Lipinski definition) is 3. The zero-order chi connectivity index (χ0) is 26.5. The van der Waals surface area contributed by atoms with Crippen molar-refractivity contribution in [3.63, 3.8) is 0 Å². The average molecular weight is 772 g/mol. The first kappa shape index (κ1) is 27.6. The van der Waals surface area contributed by atoms with Gasteiger partial charge >= 0.3 is 235 Å². The summed E-state index contributed by atoms with van der Waals surface area (Å²) >= 11 is -0.152. The van der Waals surface area contributed by atoms with Crippen molar-refractivity contribution in [3.8, 4) is 0 Å². The molecule has 0 aliphatic heterocycles. The molecule has 184 valence electrons. The molecule has 0 fully saturated rings. The minimum atomic E-state index is -5.14. The first-order chi connectivity index (χ1) is 17.7. The summed E-state index contributed by atoms with van der Waals surface area (Å²) in [6.45, 7) is -3.00. The van der Waals surface area contributed by atoms with Crippen molar-refractivity contribution in [3.05, 3.63) is 125 Å². The van der Waals surface area contributed by atoms with E-state index in [0.29, 0.717) is 8.37 Å². The van der Waals surface area contributed by atoms with Crippen molar-refractivity contribution in [2.45, 2.75) is 6.18 Å². The van der Waals surface area contributed by atoms with Crippen LogP contribution in [0.2, 0.25) is 0 Å².